The molecule has 0 unspecified atom stereocenters. The van der Waals surface area contributed by atoms with Gasteiger partial charge < -0.3 is 4.98 Å². The van der Waals surface area contributed by atoms with Gasteiger partial charge >= 0.3 is 0 Å². The minimum atomic E-state index is -0.198. The molecule has 0 aliphatic rings. The van der Waals surface area contributed by atoms with Gasteiger partial charge in [-0.15, -0.1) is 0 Å². The zero-order valence-electron chi connectivity index (χ0n) is 8.07. The number of nitrogens with one attached hydrogen (secondary N) is 1. The first-order valence-electron chi connectivity index (χ1n) is 4.49. The summed E-state index contributed by atoms with van der Waals surface area (Å²) in [6, 6.07) is 0. The Morgan fingerprint density at radius 1 is 1.53 bits per heavy atom. The highest BCUT2D eigenvalue weighted by molar-refractivity contribution is 9.10. The van der Waals surface area contributed by atoms with E-state index in [9.17, 15) is 4.79 Å². The molecule has 0 saturated heterocycles. The predicted octanol–water partition coefficient (Wildman–Crippen LogP) is 1.28. The summed E-state index contributed by atoms with van der Waals surface area (Å²) in [5.74, 6) is 1.43. The van der Waals surface area contributed by atoms with E-state index < -0.39 is 0 Å². The van der Waals surface area contributed by atoms with Gasteiger partial charge in [0.05, 0.1) is 6.33 Å². The van der Waals surface area contributed by atoms with Crippen molar-refractivity contribution in [2.45, 2.75) is 13.3 Å². The van der Waals surface area contributed by atoms with Crippen LogP contribution in [0.2, 0.25) is 0 Å². The van der Waals surface area contributed by atoms with Gasteiger partial charge in [-0.1, -0.05) is 6.92 Å². The van der Waals surface area contributed by atoms with E-state index in [0.29, 0.717) is 10.3 Å². The zero-order valence-corrected chi connectivity index (χ0v) is 9.65. The molecule has 2 aromatic heterocycles. The van der Waals surface area contributed by atoms with Crippen molar-refractivity contribution in [2.24, 2.45) is 0 Å². The third-order valence-corrected chi connectivity index (χ3v) is 2.75. The standard InChI is InChI=1S/C9H9BrN4O/c1-2-6-11-3-4-14(6)8-7(10)9(15)13-5-12-8/h3-5H,2H2,1H3,(H,12,13,15). The maximum absolute atomic E-state index is 11.4. The Hall–Kier alpha value is -1.43. The van der Waals surface area contributed by atoms with Gasteiger partial charge in [0.15, 0.2) is 5.82 Å². The Bertz CT molecular complexity index is 531. The third-order valence-electron chi connectivity index (χ3n) is 2.04. The Morgan fingerprint density at radius 2 is 2.33 bits per heavy atom. The van der Waals surface area contributed by atoms with Gasteiger partial charge in [0.1, 0.15) is 10.3 Å². The van der Waals surface area contributed by atoms with Crippen molar-refractivity contribution >= 4 is 15.9 Å². The Morgan fingerprint density at radius 3 is 3.07 bits per heavy atom. The van der Waals surface area contributed by atoms with E-state index in [1.807, 2.05) is 6.92 Å². The molecular formula is C9H9BrN4O. The number of aryl methyl sites for hydroxylation is 1. The minimum Gasteiger partial charge on any atom is -0.312 e. The maximum atomic E-state index is 11.4. The lowest BCUT2D eigenvalue weighted by molar-refractivity contribution is 0.852. The average molecular weight is 269 g/mol. The van der Waals surface area contributed by atoms with Crippen molar-refractivity contribution in [3.8, 4) is 5.82 Å². The van der Waals surface area contributed by atoms with Crippen molar-refractivity contribution in [3.05, 3.63) is 39.4 Å². The number of hydrogen-bond donors (Lipinski definition) is 1. The SMILES string of the molecule is CCc1nccn1-c1nc[nH]c(=O)c1Br. The highest BCUT2D eigenvalue weighted by Gasteiger charge is 2.10. The van der Waals surface area contributed by atoms with Gasteiger partial charge in [0.25, 0.3) is 5.56 Å². The van der Waals surface area contributed by atoms with Crippen LogP contribution >= 0.6 is 15.9 Å². The van der Waals surface area contributed by atoms with E-state index in [0.717, 1.165) is 12.2 Å². The first-order chi connectivity index (χ1) is 7.24. The molecule has 0 atom stereocenters. The quantitative estimate of drug-likeness (QED) is 0.893. The van der Waals surface area contributed by atoms with Gasteiger partial charge in [0.2, 0.25) is 0 Å². The number of aromatic nitrogens is 4. The van der Waals surface area contributed by atoms with Crippen LogP contribution in [-0.4, -0.2) is 19.5 Å². The van der Waals surface area contributed by atoms with Crippen LogP contribution in [0.1, 0.15) is 12.7 Å². The summed E-state index contributed by atoms with van der Waals surface area (Å²) in [7, 11) is 0. The second-order valence-electron chi connectivity index (χ2n) is 2.94. The molecule has 0 aliphatic carbocycles. The first kappa shape index (κ1) is 10.1. The Kier molecular flexibility index (Phi) is 2.68. The summed E-state index contributed by atoms with van der Waals surface area (Å²) < 4.78 is 2.21. The smallest absolute Gasteiger partial charge is 0.267 e. The van der Waals surface area contributed by atoms with Gasteiger partial charge in [-0.05, 0) is 15.9 Å². The van der Waals surface area contributed by atoms with E-state index in [1.165, 1.54) is 6.33 Å². The van der Waals surface area contributed by atoms with Crippen LogP contribution in [0.5, 0.6) is 0 Å². The number of H-pyrrole nitrogens is 1. The molecule has 0 aliphatic heterocycles. The fraction of sp³-hybridized carbons (Fsp3) is 0.222. The van der Waals surface area contributed by atoms with Crippen molar-refractivity contribution in [1.82, 2.24) is 19.5 Å². The Balaban J connectivity index is 2.64. The fourth-order valence-corrected chi connectivity index (χ4v) is 1.74. The summed E-state index contributed by atoms with van der Waals surface area (Å²) >= 11 is 3.21. The van der Waals surface area contributed by atoms with E-state index in [-0.39, 0.29) is 5.56 Å². The number of hydrogen-bond acceptors (Lipinski definition) is 3. The van der Waals surface area contributed by atoms with E-state index in [2.05, 4.69) is 30.9 Å². The second kappa shape index (κ2) is 3.98. The summed E-state index contributed by atoms with van der Waals surface area (Å²) in [4.78, 5) is 22.1. The molecule has 1 N–H and O–H groups in total. The molecule has 6 heteroatoms. The highest BCUT2D eigenvalue weighted by atomic mass is 79.9. The number of rotatable bonds is 2. The van der Waals surface area contributed by atoms with Gasteiger partial charge in [-0.25, -0.2) is 9.97 Å². The molecule has 0 aromatic carbocycles. The van der Waals surface area contributed by atoms with Gasteiger partial charge in [-0.2, -0.15) is 0 Å². The molecule has 15 heavy (non-hydrogen) atoms. The molecule has 0 saturated carbocycles. The lowest BCUT2D eigenvalue weighted by atomic mass is 10.4. The predicted molar refractivity (Wildman–Crippen MR) is 59.1 cm³/mol. The summed E-state index contributed by atoms with van der Waals surface area (Å²) in [6.45, 7) is 2.00. The van der Waals surface area contributed by atoms with E-state index >= 15 is 0 Å². The monoisotopic (exact) mass is 268 g/mol. The number of imidazole rings is 1. The molecule has 0 radical (unpaired) electrons. The van der Waals surface area contributed by atoms with Crippen LogP contribution in [0.3, 0.4) is 0 Å². The lowest BCUT2D eigenvalue weighted by Crippen LogP contribution is -2.13. The molecule has 2 aromatic rings. The molecular weight excluding hydrogens is 260 g/mol. The summed E-state index contributed by atoms with van der Waals surface area (Å²) in [5, 5.41) is 0. The molecule has 0 bridgehead atoms. The van der Waals surface area contributed by atoms with Crippen LogP contribution in [0.4, 0.5) is 0 Å². The van der Waals surface area contributed by atoms with Crippen LogP contribution in [0.15, 0.2) is 28.0 Å². The average Bonchev–Trinajstić information content (AvgIpc) is 2.70. The van der Waals surface area contributed by atoms with Gasteiger partial charge in [-0.3, -0.25) is 9.36 Å². The fourth-order valence-electron chi connectivity index (χ4n) is 1.33. The van der Waals surface area contributed by atoms with Crippen molar-refractivity contribution < 1.29 is 0 Å². The summed E-state index contributed by atoms with van der Waals surface area (Å²) in [5.41, 5.74) is -0.198. The van der Waals surface area contributed by atoms with Gasteiger partial charge in [0, 0.05) is 18.8 Å². The van der Waals surface area contributed by atoms with Crippen LogP contribution in [0, 0.1) is 0 Å². The normalized spacial score (nSPS) is 10.5. The maximum Gasteiger partial charge on any atom is 0.267 e. The number of halogens is 1. The molecule has 2 heterocycles. The topological polar surface area (TPSA) is 63.6 Å². The largest absolute Gasteiger partial charge is 0.312 e. The minimum absolute atomic E-state index is 0.198. The highest BCUT2D eigenvalue weighted by Crippen LogP contribution is 2.15. The van der Waals surface area contributed by atoms with Crippen molar-refractivity contribution in [2.75, 3.05) is 0 Å². The van der Waals surface area contributed by atoms with E-state index in [4.69, 9.17) is 0 Å². The first-order valence-corrected chi connectivity index (χ1v) is 5.29. The molecule has 5 nitrogen and oxygen atoms in total. The van der Waals surface area contributed by atoms with Crippen molar-refractivity contribution in [1.29, 1.82) is 0 Å². The zero-order chi connectivity index (χ0) is 10.8. The lowest BCUT2D eigenvalue weighted by Gasteiger charge is -2.05. The molecule has 0 fully saturated rings. The van der Waals surface area contributed by atoms with Crippen LogP contribution < -0.4 is 5.56 Å². The number of aromatic amines is 1. The molecule has 0 spiro atoms. The van der Waals surface area contributed by atoms with Crippen LogP contribution in [0.25, 0.3) is 5.82 Å². The second-order valence-corrected chi connectivity index (χ2v) is 3.73. The van der Waals surface area contributed by atoms with E-state index in [1.54, 1.807) is 17.0 Å². The molecule has 0 amide bonds. The molecule has 78 valence electrons. The Labute approximate surface area is 94.3 Å². The summed E-state index contributed by atoms with van der Waals surface area (Å²) in [6.07, 6.45) is 5.63. The molecule has 2 rings (SSSR count). The third kappa shape index (κ3) is 1.72. The van der Waals surface area contributed by atoms with Crippen molar-refractivity contribution in [3.63, 3.8) is 0 Å². The number of nitrogens with zero attached hydrogens (tertiary/aromatic N) is 3. The van der Waals surface area contributed by atoms with Crippen LogP contribution in [-0.2, 0) is 6.42 Å².